The Morgan fingerprint density at radius 2 is 2.17 bits per heavy atom. The van der Waals surface area contributed by atoms with Crippen LogP contribution in [0.2, 0.25) is 0 Å². The Balaban J connectivity index is 1.57. The van der Waals surface area contributed by atoms with Gasteiger partial charge in [-0.25, -0.2) is 14.8 Å². The number of hydrogen-bond donors (Lipinski definition) is 0. The van der Waals surface area contributed by atoms with Gasteiger partial charge in [0, 0.05) is 11.8 Å². The number of carbonyl (C=O) groups excluding carboxylic acids is 1. The lowest BCUT2D eigenvalue weighted by molar-refractivity contribution is -0.357. The highest BCUT2D eigenvalue weighted by atomic mass is 35.5. The average molecular weight is 426 g/mol. The molecule has 4 heterocycles. The molecule has 1 amide bonds. The van der Waals surface area contributed by atoms with Gasteiger partial charge in [-0.05, 0) is 62.6 Å². The third-order valence-electron chi connectivity index (χ3n) is 5.25. The zero-order valence-corrected chi connectivity index (χ0v) is 18.0. The summed E-state index contributed by atoms with van der Waals surface area (Å²) in [6.07, 6.45) is 3.33. The Bertz CT molecular complexity index is 1250. The van der Waals surface area contributed by atoms with Gasteiger partial charge in [-0.2, -0.15) is 0 Å². The molecule has 7 nitrogen and oxygen atoms in total. The van der Waals surface area contributed by atoms with Crippen molar-refractivity contribution in [3.05, 3.63) is 40.5 Å². The molecule has 30 heavy (non-hydrogen) atoms. The van der Waals surface area contributed by atoms with Crippen LogP contribution in [0.15, 0.2) is 29.4 Å². The van der Waals surface area contributed by atoms with E-state index in [0.29, 0.717) is 24.7 Å². The molecule has 1 aromatic heterocycles. The third-order valence-corrected chi connectivity index (χ3v) is 5.64. The topological polar surface area (TPSA) is 67.0 Å². The molecular formula is C22H22ClN4O3+. The van der Waals surface area contributed by atoms with Crippen molar-refractivity contribution in [1.29, 1.82) is 0 Å². The number of carbonyl (C=O) groups is 1. The minimum Gasteiger partial charge on any atom is -0.474 e. The van der Waals surface area contributed by atoms with Gasteiger partial charge in [0.25, 0.3) is 0 Å². The van der Waals surface area contributed by atoms with Crippen LogP contribution in [0.25, 0.3) is 17.3 Å². The fraction of sp³-hybridized carbons (Fsp3) is 0.364. The molecule has 8 heteroatoms. The van der Waals surface area contributed by atoms with Crippen molar-refractivity contribution >= 4 is 34.8 Å². The maximum absolute atomic E-state index is 12.8. The molecule has 2 aromatic rings. The molecule has 154 valence electrons. The molecule has 0 fully saturated rings. The third kappa shape index (κ3) is 3.13. The summed E-state index contributed by atoms with van der Waals surface area (Å²) in [6.45, 7) is 8.32. The van der Waals surface area contributed by atoms with Gasteiger partial charge in [0.15, 0.2) is 6.20 Å². The van der Waals surface area contributed by atoms with Gasteiger partial charge >= 0.3 is 17.4 Å². The minimum atomic E-state index is -0.583. The van der Waals surface area contributed by atoms with E-state index >= 15 is 0 Å². The van der Waals surface area contributed by atoms with Gasteiger partial charge in [-0.15, -0.1) is 4.58 Å². The summed E-state index contributed by atoms with van der Waals surface area (Å²) in [5.74, 6) is 0.444. The van der Waals surface area contributed by atoms with E-state index < -0.39 is 11.7 Å². The SMILES string of the molecule is Cc1c(-c2ccc3c(c2)=N[C@H]2C(Cl)=[N+]2C=3)cnc2c1N(C(=O)OC(C)(C)C)CCO2. The number of halogens is 1. The maximum Gasteiger partial charge on any atom is 0.415 e. The summed E-state index contributed by atoms with van der Waals surface area (Å²) in [5, 5.41) is 2.65. The van der Waals surface area contributed by atoms with Crippen LogP contribution in [0, 0.1) is 6.92 Å². The van der Waals surface area contributed by atoms with Crippen molar-refractivity contribution < 1.29 is 18.8 Å². The number of anilines is 1. The molecule has 1 atom stereocenters. The van der Waals surface area contributed by atoms with Crippen molar-refractivity contribution in [3.8, 4) is 17.0 Å². The van der Waals surface area contributed by atoms with Crippen LogP contribution in [0.1, 0.15) is 26.3 Å². The number of aromatic nitrogens is 1. The van der Waals surface area contributed by atoms with Crippen LogP contribution in [-0.4, -0.2) is 45.7 Å². The maximum atomic E-state index is 12.8. The number of nitrogens with zero attached hydrogens (tertiary/aromatic N) is 4. The lowest BCUT2D eigenvalue weighted by Crippen LogP contribution is -2.42. The van der Waals surface area contributed by atoms with Crippen LogP contribution in [0.3, 0.4) is 0 Å². The van der Waals surface area contributed by atoms with Gasteiger partial charge < -0.3 is 9.47 Å². The lowest BCUT2D eigenvalue weighted by Gasteiger charge is -2.32. The number of ether oxygens (including phenoxy) is 2. The van der Waals surface area contributed by atoms with Gasteiger partial charge in [-0.1, -0.05) is 6.07 Å². The Kier molecular flexibility index (Phi) is 4.15. The Hall–Kier alpha value is -2.93. The Morgan fingerprint density at radius 3 is 2.93 bits per heavy atom. The zero-order chi connectivity index (χ0) is 21.2. The number of hydrogen-bond acceptors (Lipinski definition) is 5. The van der Waals surface area contributed by atoms with E-state index in [1.807, 2.05) is 56.7 Å². The van der Waals surface area contributed by atoms with Crippen LogP contribution in [-0.2, 0) is 4.74 Å². The van der Waals surface area contributed by atoms with Crippen LogP contribution in [0.5, 0.6) is 5.88 Å². The second kappa shape index (κ2) is 6.54. The molecule has 0 radical (unpaired) electrons. The van der Waals surface area contributed by atoms with E-state index in [9.17, 15) is 4.79 Å². The average Bonchev–Trinajstić information content (AvgIpc) is 3.32. The molecule has 5 rings (SSSR count). The molecule has 3 aliphatic heterocycles. The van der Waals surface area contributed by atoms with E-state index in [4.69, 9.17) is 21.1 Å². The number of rotatable bonds is 1. The van der Waals surface area contributed by atoms with Gasteiger partial charge in [0.05, 0.1) is 17.1 Å². The molecule has 0 spiro atoms. The second-order valence-corrected chi connectivity index (χ2v) is 8.95. The van der Waals surface area contributed by atoms with Crippen molar-refractivity contribution in [2.75, 3.05) is 18.1 Å². The standard InChI is InChI=1S/C22H22ClN4O3/c1-12-15(13-5-6-14-11-27-18(23)19(27)25-16(14)9-13)10-24-20-17(12)26(7-8-29-20)21(28)30-22(2,3)4/h5-6,9-11,19H,7-8H2,1-4H3/q+1/t19-/m1/s1. The van der Waals surface area contributed by atoms with Gasteiger partial charge in [0.2, 0.25) is 5.88 Å². The summed E-state index contributed by atoms with van der Waals surface area (Å²) in [4.78, 5) is 23.6. The second-order valence-electron chi connectivity index (χ2n) is 8.57. The highest BCUT2D eigenvalue weighted by molar-refractivity contribution is 6.67. The number of pyridine rings is 1. The lowest BCUT2D eigenvalue weighted by atomic mass is 10.00. The molecule has 1 aromatic carbocycles. The molecule has 0 N–H and O–H groups in total. The number of amides is 1. The van der Waals surface area contributed by atoms with Crippen molar-refractivity contribution in [2.24, 2.45) is 4.99 Å². The zero-order valence-electron chi connectivity index (χ0n) is 17.3. The van der Waals surface area contributed by atoms with Crippen LogP contribution >= 0.6 is 11.6 Å². The summed E-state index contributed by atoms with van der Waals surface area (Å²) >= 11 is 6.15. The first-order chi connectivity index (χ1) is 14.2. The quantitative estimate of drug-likeness (QED) is 0.658. The number of fused-ring (bicyclic) bond motifs is 3. The van der Waals surface area contributed by atoms with E-state index in [1.165, 1.54) is 0 Å². The summed E-state index contributed by atoms with van der Waals surface area (Å²) in [7, 11) is 0. The monoisotopic (exact) mass is 425 g/mol. The smallest absolute Gasteiger partial charge is 0.415 e. The van der Waals surface area contributed by atoms with E-state index in [-0.39, 0.29) is 6.17 Å². The van der Waals surface area contributed by atoms with E-state index in [0.717, 1.165) is 32.4 Å². The predicted octanol–water partition coefficient (Wildman–Crippen LogP) is 2.55. The largest absolute Gasteiger partial charge is 0.474 e. The first-order valence-electron chi connectivity index (χ1n) is 9.87. The Labute approximate surface area is 178 Å². The summed E-state index contributed by atoms with van der Waals surface area (Å²) in [5.41, 5.74) is 2.86. The summed E-state index contributed by atoms with van der Waals surface area (Å²) in [6, 6.07) is 6.08. The van der Waals surface area contributed by atoms with Crippen molar-refractivity contribution in [3.63, 3.8) is 0 Å². The normalized spacial score (nSPS) is 19.0. The van der Waals surface area contributed by atoms with Gasteiger partial charge in [-0.3, -0.25) is 4.90 Å². The number of benzene rings is 1. The fourth-order valence-electron chi connectivity index (χ4n) is 3.76. The highest BCUT2D eigenvalue weighted by Crippen LogP contribution is 2.38. The van der Waals surface area contributed by atoms with Crippen LogP contribution < -0.4 is 20.2 Å². The van der Waals surface area contributed by atoms with Gasteiger partial charge in [0.1, 0.15) is 17.9 Å². The minimum absolute atomic E-state index is 0.0618. The summed E-state index contributed by atoms with van der Waals surface area (Å²) < 4.78 is 13.3. The van der Waals surface area contributed by atoms with Crippen LogP contribution in [0.4, 0.5) is 10.5 Å². The molecule has 0 bridgehead atoms. The molecule has 0 unspecified atom stereocenters. The Morgan fingerprint density at radius 1 is 1.37 bits per heavy atom. The van der Waals surface area contributed by atoms with Crippen molar-refractivity contribution in [2.45, 2.75) is 39.5 Å². The van der Waals surface area contributed by atoms with Crippen molar-refractivity contribution in [1.82, 2.24) is 4.98 Å². The highest BCUT2D eigenvalue weighted by Gasteiger charge is 2.48. The molecule has 0 saturated carbocycles. The molecule has 0 saturated heterocycles. The molecule has 0 aliphatic carbocycles. The fourth-order valence-corrected chi connectivity index (χ4v) is 4.01. The van der Waals surface area contributed by atoms with E-state index in [1.54, 1.807) is 11.1 Å². The first kappa shape index (κ1) is 19.1. The first-order valence-corrected chi connectivity index (χ1v) is 10.2. The molecular weight excluding hydrogens is 404 g/mol. The molecule has 3 aliphatic rings. The van der Waals surface area contributed by atoms with E-state index in [2.05, 4.69) is 9.98 Å². The predicted molar refractivity (Wildman–Crippen MR) is 114 cm³/mol.